The molecule has 1 saturated heterocycles. The van der Waals surface area contributed by atoms with Crippen LogP contribution in [0.1, 0.15) is 35.4 Å². The van der Waals surface area contributed by atoms with Gasteiger partial charge in [-0.05, 0) is 37.9 Å². The van der Waals surface area contributed by atoms with Crippen molar-refractivity contribution in [2.75, 3.05) is 27.2 Å². The van der Waals surface area contributed by atoms with Crippen molar-refractivity contribution in [1.29, 1.82) is 0 Å². The lowest BCUT2D eigenvalue weighted by Crippen LogP contribution is -2.32. The average molecular weight is 258 g/mol. The van der Waals surface area contributed by atoms with Gasteiger partial charge in [-0.2, -0.15) is 0 Å². The van der Waals surface area contributed by atoms with Gasteiger partial charge in [-0.15, -0.1) is 0 Å². The number of hydrogen-bond donors (Lipinski definition) is 1. The van der Waals surface area contributed by atoms with Gasteiger partial charge in [0.05, 0.1) is 19.8 Å². The van der Waals surface area contributed by atoms with Crippen LogP contribution in [0.2, 0.25) is 0 Å². The Bertz CT molecular complexity index is 740. The zero-order chi connectivity index (χ0) is 21.1. The zero-order valence-electron chi connectivity index (χ0n) is 19.0. The summed E-state index contributed by atoms with van der Waals surface area (Å²) < 4.78 is 82.0. The van der Waals surface area contributed by atoms with Crippen LogP contribution in [0, 0.1) is 5.89 Å². The number of para-hydroxylation sites is 1. The van der Waals surface area contributed by atoms with Gasteiger partial charge in [-0.25, -0.2) is 0 Å². The zero-order valence-corrected chi connectivity index (χ0v) is 9.96. The summed E-state index contributed by atoms with van der Waals surface area (Å²) in [4.78, 5) is 13.2. The van der Waals surface area contributed by atoms with Gasteiger partial charge in [0.2, 0.25) is 0 Å². The SMILES string of the molecule is [2H]C1([2H])NC([2H])([2H])C([2H])([2H])C([2H])(C(=O)c2cccc(OC)c2OC)C1([2H])[2H]. The largest absolute Gasteiger partial charge is 0.493 e. The Morgan fingerprint density at radius 2 is 2.11 bits per heavy atom. The Morgan fingerprint density at radius 1 is 1.39 bits per heavy atom. The second-order valence-electron chi connectivity index (χ2n) is 3.37. The van der Waals surface area contributed by atoms with E-state index in [-0.39, 0.29) is 11.5 Å². The number of piperidine rings is 1. The molecule has 0 aromatic heterocycles. The molecule has 0 radical (unpaired) electrons. The van der Waals surface area contributed by atoms with E-state index in [2.05, 4.69) is 0 Å². The third-order valence-electron chi connectivity index (χ3n) is 2.37. The molecule has 0 aliphatic carbocycles. The lowest BCUT2D eigenvalue weighted by Gasteiger charge is -2.22. The third kappa shape index (κ3) is 2.48. The summed E-state index contributed by atoms with van der Waals surface area (Å²) in [6.07, 6.45) is -6.89. The molecule has 0 atom stereocenters. The molecule has 0 spiro atoms. The highest BCUT2D eigenvalue weighted by atomic mass is 16.5. The Kier molecular flexibility index (Phi) is 1.83. The number of carbonyl (C=O) groups is 1. The Hall–Kier alpha value is -1.55. The van der Waals surface area contributed by atoms with Gasteiger partial charge < -0.3 is 14.8 Å². The van der Waals surface area contributed by atoms with E-state index in [9.17, 15) is 4.79 Å². The fourth-order valence-corrected chi connectivity index (χ4v) is 1.56. The van der Waals surface area contributed by atoms with Crippen LogP contribution < -0.4 is 14.8 Å². The lowest BCUT2D eigenvalue weighted by atomic mass is 9.89. The molecule has 1 aromatic carbocycles. The van der Waals surface area contributed by atoms with Crippen LogP contribution in [0.5, 0.6) is 11.5 Å². The van der Waals surface area contributed by atoms with Crippen molar-refractivity contribution >= 4 is 5.78 Å². The van der Waals surface area contributed by atoms with E-state index in [1.165, 1.54) is 26.4 Å². The van der Waals surface area contributed by atoms with Crippen LogP contribution in [0.3, 0.4) is 0 Å². The number of ketones is 1. The topological polar surface area (TPSA) is 47.6 Å². The van der Waals surface area contributed by atoms with E-state index in [4.69, 9.17) is 21.8 Å². The van der Waals surface area contributed by atoms with E-state index >= 15 is 0 Å². The van der Waals surface area contributed by atoms with E-state index in [1.807, 2.05) is 0 Å². The van der Waals surface area contributed by atoms with Crippen LogP contribution in [0.15, 0.2) is 18.2 Å². The molecule has 1 N–H and O–H groups in total. The van der Waals surface area contributed by atoms with Gasteiger partial charge in [-0.1, -0.05) is 6.07 Å². The maximum atomic E-state index is 13.2. The van der Waals surface area contributed by atoms with Crippen molar-refractivity contribution in [3.05, 3.63) is 23.8 Å². The minimum absolute atomic E-state index is 0.0630. The van der Waals surface area contributed by atoms with Gasteiger partial charge in [0.15, 0.2) is 17.3 Å². The fourth-order valence-electron chi connectivity index (χ4n) is 1.56. The first-order chi connectivity index (χ1) is 12.1. The van der Waals surface area contributed by atoms with Crippen molar-refractivity contribution in [2.45, 2.75) is 12.7 Å². The molecule has 98 valence electrons. The second kappa shape index (κ2) is 5.87. The molecule has 1 aliphatic heterocycles. The first kappa shape index (κ1) is 5.61. The van der Waals surface area contributed by atoms with Crippen LogP contribution in [-0.4, -0.2) is 33.0 Å². The molecule has 0 saturated carbocycles. The molecule has 1 aromatic rings. The fraction of sp³-hybridized carbons (Fsp3) is 0.500. The highest BCUT2D eigenvalue weighted by molar-refractivity contribution is 6.01. The smallest absolute Gasteiger partial charge is 0.171 e. The summed E-state index contributed by atoms with van der Waals surface area (Å²) >= 11 is 0. The highest BCUT2D eigenvalue weighted by Crippen LogP contribution is 2.33. The second-order valence-corrected chi connectivity index (χ2v) is 3.37. The summed E-state index contributed by atoms with van der Waals surface area (Å²) in [5.74, 6) is -5.09. The first-order valence-corrected chi connectivity index (χ1v) is 5.17. The normalized spacial score (nSPS) is 36.7. The monoisotopic (exact) mass is 258 g/mol. The summed E-state index contributed by atoms with van der Waals surface area (Å²) in [5, 5.41) is 1.61. The summed E-state index contributed by atoms with van der Waals surface area (Å²) in [6.45, 7) is -6.43. The lowest BCUT2D eigenvalue weighted by molar-refractivity contribution is 0.0891. The number of rotatable bonds is 4. The predicted octanol–water partition coefficient (Wildman–Crippen LogP) is 1.89. The van der Waals surface area contributed by atoms with Gasteiger partial charge in [0.1, 0.15) is 0 Å². The molecule has 0 bridgehead atoms. The molecule has 18 heavy (non-hydrogen) atoms. The van der Waals surface area contributed by atoms with E-state index in [0.29, 0.717) is 0 Å². The maximum absolute atomic E-state index is 13.2. The highest BCUT2D eigenvalue weighted by Gasteiger charge is 2.25. The Labute approximate surface area is 120 Å². The van der Waals surface area contributed by atoms with E-state index in [0.717, 1.165) is 6.07 Å². The molecule has 0 unspecified atom stereocenters. The molecule has 0 amide bonds. The number of ether oxygens (including phenoxy) is 2. The van der Waals surface area contributed by atoms with Crippen molar-refractivity contribution < 1.29 is 26.6 Å². The van der Waals surface area contributed by atoms with Gasteiger partial charge in [0.25, 0.3) is 0 Å². The van der Waals surface area contributed by atoms with Crippen LogP contribution in [0.4, 0.5) is 0 Å². The standard InChI is InChI=1S/C14H19NO3/c1-17-12-5-3-4-11(14(12)18-2)13(16)10-6-8-15-9-7-10/h3-5,10,15H,6-9H2,1-2H3/i6D2,7D2,8D2,9D2,10D. The van der Waals surface area contributed by atoms with Crippen molar-refractivity contribution in [1.82, 2.24) is 5.32 Å². The quantitative estimate of drug-likeness (QED) is 0.838. The molecule has 1 aliphatic rings. The molecular weight excluding hydrogens is 230 g/mol. The minimum atomic E-state index is -3.49. The summed E-state index contributed by atoms with van der Waals surface area (Å²) in [5.41, 5.74) is -0.423. The third-order valence-corrected chi connectivity index (χ3v) is 2.37. The van der Waals surface area contributed by atoms with Crippen LogP contribution in [0.25, 0.3) is 0 Å². The number of nitrogens with one attached hydrogen (secondary N) is 1. The van der Waals surface area contributed by atoms with E-state index < -0.39 is 43.0 Å². The van der Waals surface area contributed by atoms with Crippen molar-refractivity contribution in [2.24, 2.45) is 5.89 Å². The maximum Gasteiger partial charge on any atom is 0.171 e. The van der Waals surface area contributed by atoms with Gasteiger partial charge in [-0.3, -0.25) is 4.79 Å². The average Bonchev–Trinajstić information content (AvgIpc) is 2.56. The number of carbonyl (C=O) groups excluding carboxylic acids is 1. The van der Waals surface area contributed by atoms with Gasteiger partial charge >= 0.3 is 0 Å². The van der Waals surface area contributed by atoms with Crippen molar-refractivity contribution in [3.63, 3.8) is 0 Å². The molecule has 4 nitrogen and oxygen atoms in total. The van der Waals surface area contributed by atoms with Crippen LogP contribution >= 0.6 is 0 Å². The van der Waals surface area contributed by atoms with Crippen molar-refractivity contribution in [3.8, 4) is 11.5 Å². The molecule has 2 rings (SSSR count). The molecule has 1 heterocycles. The number of benzene rings is 1. The van der Waals surface area contributed by atoms with Gasteiger partial charge in [0, 0.05) is 18.2 Å². The predicted molar refractivity (Wildman–Crippen MR) is 69.5 cm³/mol. The Morgan fingerprint density at radius 3 is 2.72 bits per heavy atom. The minimum Gasteiger partial charge on any atom is -0.493 e. The molecular formula is C14H19NO3. The number of Topliss-reactive ketones (excluding diaryl/α,β-unsaturated/α-hetero) is 1. The molecule has 4 heteroatoms. The number of methoxy groups -OCH3 is 2. The molecule has 1 fully saturated rings. The summed E-state index contributed by atoms with van der Waals surface area (Å²) in [6, 6.07) is 3.92. The number of hydrogen-bond acceptors (Lipinski definition) is 4. The summed E-state index contributed by atoms with van der Waals surface area (Å²) in [7, 11) is 2.47. The first-order valence-electron chi connectivity index (χ1n) is 9.67. The van der Waals surface area contributed by atoms with E-state index in [1.54, 1.807) is 5.32 Å². The van der Waals surface area contributed by atoms with Crippen LogP contribution in [-0.2, 0) is 0 Å². The Balaban J connectivity index is 2.82.